The van der Waals surface area contributed by atoms with Crippen molar-refractivity contribution < 1.29 is 9.47 Å². The minimum atomic E-state index is 0.417. The molecule has 0 bridgehead atoms. The van der Waals surface area contributed by atoms with Crippen LogP contribution in [0.5, 0.6) is 0 Å². The Hall–Kier alpha value is -0.0800. The van der Waals surface area contributed by atoms with Gasteiger partial charge in [0.1, 0.15) is 0 Å². The van der Waals surface area contributed by atoms with Crippen molar-refractivity contribution in [1.29, 1.82) is 0 Å². The third-order valence-corrected chi connectivity index (χ3v) is 2.27. The first kappa shape index (κ1) is 17.3. The lowest BCUT2D eigenvalue weighted by molar-refractivity contribution is 0.0443. The fourth-order valence-corrected chi connectivity index (χ4v) is 0.809. The zero-order chi connectivity index (χ0) is 12.3. The summed E-state index contributed by atoms with van der Waals surface area (Å²) in [6, 6.07) is 0. The summed E-state index contributed by atoms with van der Waals surface area (Å²) < 4.78 is 10.2. The van der Waals surface area contributed by atoms with Gasteiger partial charge in [-0.1, -0.05) is 27.7 Å². The third kappa shape index (κ3) is 16.6. The number of hydrogen-bond acceptors (Lipinski definition) is 2. The summed E-state index contributed by atoms with van der Waals surface area (Å²) in [5.41, 5.74) is 0. The van der Waals surface area contributed by atoms with E-state index < -0.39 is 0 Å². The van der Waals surface area contributed by atoms with Gasteiger partial charge in [0, 0.05) is 20.3 Å². The molecule has 1 unspecified atom stereocenters. The monoisotopic (exact) mass is 218 g/mol. The molecule has 15 heavy (non-hydrogen) atoms. The first-order chi connectivity index (χ1) is 6.95. The average molecular weight is 218 g/mol. The molecule has 0 amide bonds. The average Bonchev–Trinajstić information content (AvgIpc) is 2.16. The van der Waals surface area contributed by atoms with E-state index in [1.165, 1.54) is 6.42 Å². The molecule has 0 N–H and O–H groups in total. The molecule has 0 aromatic rings. The Morgan fingerprint density at radius 1 is 1.00 bits per heavy atom. The van der Waals surface area contributed by atoms with Crippen LogP contribution in [-0.2, 0) is 9.47 Å². The minimum absolute atomic E-state index is 0.417. The van der Waals surface area contributed by atoms with E-state index in [-0.39, 0.29) is 0 Å². The maximum atomic E-state index is 5.30. The predicted octanol–water partition coefficient (Wildman–Crippen LogP) is 3.75. The highest BCUT2D eigenvalue weighted by Crippen LogP contribution is 2.03. The van der Waals surface area contributed by atoms with Crippen molar-refractivity contribution in [2.45, 2.75) is 54.1 Å². The lowest BCUT2D eigenvalue weighted by atomic mass is 10.1. The van der Waals surface area contributed by atoms with Crippen LogP contribution < -0.4 is 0 Å². The van der Waals surface area contributed by atoms with Crippen molar-refractivity contribution in [2.24, 2.45) is 11.8 Å². The fourth-order valence-electron chi connectivity index (χ4n) is 0.809. The maximum absolute atomic E-state index is 5.30. The second-order valence-electron chi connectivity index (χ2n) is 4.58. The molecule has 0 spiro atoms. The number of hydrogen-bond donors (Lipinski definition) is 0. The van der Waals surface area contributed by atoms with Gasteiger partial charge in [-0.25, -0.2) is 0 Å². The van der Waals surface area contributed by atoms with Crippen LogP contribution in [0.4, 0.5) is 0 Å². The molecule has 0 radical (unpaired) electrons. The van der Waals surface area contributed by atoms with Crippen molar-refractivity contribution >= 4 is 0 Å². The Bertz CT molecular complexity index is 111. The summed E-state index contributed by atoms with van der Waals surface area (Å²) >= 11 is 0. The van der Waals surface area contributed by atoms with Crippen molar-refractivity contribution in [3.63, 3.8) is 0 Å². The largest absolute Gasteiger partial charge is 0.385 e. The van der Waals surface area contributed by atoms with E-state index >= 15 is 0 Å². The molecule has 0 fully saturated rings. The Kier molecular flexibility index (Phi) is 13.8. The van der Waals surface area contributed by atoms with Gasteiger partial charge in [-0.15, -0.1) is 0 Å². The van der Waals surface area contributed by atoms with E-state index in [4.69, 9.17) is 9.47 Å². The molecule has 0 aliphatic heterocycles. The quantitative estimate of drug-likeness (QED) is 0.676. The molecular weight excluding hydrogens is 188 g/mol. The van der Waals surface area contributed by atoms with Crippen LogP contribution in [0.3, 0.4) is 0 Å². The SMILES string of the molecule is CCOC(C)C(C)C.COCCC(C)C. The molecule has 0 saturated carbocycles. The van der Waals surface area contributed by atoms with Gasteiger partial charge in [-0.2, -0.15) is 0 Å². The van der Waals surface area contributed by atoms with Crippen LogP contribution in [0.1, 0.15) is 48.0 Å². The van der Waals surface area contributed by atoms with Crippen molar-refractivity contribution in [1.82, 2.24) is 0 Å². The molecule has 0 aliphatic carbocycles. The molecule has 2 nitrogen and oxygen atoms in total. The minimum Gasteiger partial charge on any atom is -0.385 e. The molecule has 2 heteroatoms. The summed E-state index contributed by atoms with van der Waals surface area (Å²) in [5.74, 6) is 1.43. The van der Waals surface area contributed by atoms with E-state index in [0.29, 0.717) is 12.0 Å². The van der Waals surface area contributed by atoms with Gasteiger partial charge in [-0.05, 0) is 32.1 Å². The van der Waals surface area contributed by atoms with E-state index in [2.05, 4.69) is 34.6 Å². The van der Waals surface area contributed by atoms with E-state index in [9.17, 15) is 0 Å². The highest BCUT2D eigenvalue weighted by molar-refractivity contribution is 4.52. The van der Waals surface area contributed by atoms with Crippen LogP contribution in [0.2, 0.25) is 0 Å². The molecule has 0 aromatic heterocycles. The number of methoxy groups -OCH3 is 1. The summed E-state index contributed by atoms with van der Waals surface area (Å²) in [6.07, 6.45) is 1.59. The highest BCUT2D eigenvalue weighted by atomic mass is 16.5. The van der Waals surface area contributed by atoms with Gasteiger partial charge in [0.25, 0.3) is 0 Å². The van der Waals surface area contributed by atoms with Crippen molar-refractivity contribution in [3.05, 3.63) is 0 Å². The zero-order valence-electron chi connectivity index (χ0n) is 11.7. The van der Waals surface area contributed by atoms with Crippen molar-refractivity contribution in [3.8, 4) is 0 Å². The van der Waals surface area contributed by atoms with Gasteiger partial charge in [0.05, 0.1) is 6.10 Å². The fraction of sp³-hybridized carbons (Fsp3) is 1.00. The Morgan fingerprint density at radius 3 is 1.67 bits per heavy atom. The van der Waals surface area contributed by atoms with Gasteiger partial charge < -0.3 is 9.47 Å². The van der Waals surface area contributed by atoms with Crippen LogP contribution >= 0.6 is 0 Å². The Balaban J connectivity index is 0. The summed E-state index contributed by atoms with van der Waals surface area (Å²) in [5, 5.41) is 0. The third-order valence-electron chi connectivity index (χ3n) is 2.27. The van der Waals surface area contributed by atoms with Gasteiger partial charge in [0.15, 0.2) is 0 Å². The van der Waals surface area contributed by atoms with E-state index in [1.54, 1.807) is 7.11 Å². The first-order valence-electron chi connectivity index (χ1n) is 6.06. The molecular formula is C13H30O2. The Morgan fingerprint density at radius 2 is 1.53 bits per heavy atom. The second kappa shape index (κ2) is 12.0. The summed E-state index contributed by atoms with van der Waals surface area (Å²) in [6.45, 7) is 14.6. The smallest absolute Gasteiger partial charge is 0.0569 e. The lowest BCUT2D eigenvalue weighted by Gasteiger charge is -2.14. The van der Waals surface area contributed by atoms with Crippen molar-refractivity contribution in [2.75, 3.05) is 20.3 Å². The van der Waals surface area contributed by atoms with E-state index in [1.807, 2.05) is 6.92 Å². The molecule has 0 rings (SSSR count). The normalized spacial score (nSPS) is 12.6. The molecule has 0 aromatic carbocycles. The standard InChI is InChI=1S/C7H16O.C6H14O/c1-5-8-7(4)6(2)3;1-6(2)4-5-7-3/h6-7H,5H2,1-4H3;6H,4-5H2,1-3H3. The molecule has 0 saturated heterocycles. The summed E-state index contributed by atoms with van der Waals surface area (Å²) in [7, 11) is 1.74. The summed E-state index contributed by atoms with van der Waals surface area (Å²) in [4.78, 5) is 0. The van der Waals surface area contributed by atoms with Crippen LogP contribution in [-0.4, -0.2) is 26.4 Å². The molecule has 0 heterocycles. The zero-order valence-corrected chi connectivity index (χ0v) is 11.7. The molecule has 94 valence electrons. The van der Waals surface area contributed by atoms with Gasteiger partial charge >= 0.3 is 0 Å². The Labute approximate surface area is 96.4 Å². The first-order valence-corrected chi connectivity index (χ1v) is 6.06. The lowest BCUT2D eigenvalue weighted by Crippen LogP contribution is -2.14. The highest BCUT2D eigenvalue weighted by Gasteiger charge is 2.03. The molecule has 1 atom stereocenters. The van der Waals surface area contributed by atoms with Crippen LogP contribution in [0.15, 0.2) is 0 Å². The van der Waals surface area contributed by atoms with Crippen LogP contribution in [0.25, 0.3) is 0 Å². The maximum Gasteiger partial charge on any atom is 0.0569 e. The van der Waals surface area contributed by atoms with Gasteiger partial charge in [0.2, 0.25) is 0 Å². The van der Waals surface area contributed by atoms with Crippen LogP contribution in [0, 0.1) is 11.8 Å². The van der Waals surface area contributed by atoms with Gasteiger partial charge in [-0.3, -0.25) is 0 Å². The number of rotatable bonds is 6. The van der Waals surface area contributed by atoms with E-state index in [0.717, 1.165) is 19.1 Å². The predicted molar refractivity (Wildman–Crippen MR) is 67.3 cm³/mol. The molecule has 0 aliphatic rings. The topological polar surface area (TPSA) is 18.5 Å². The number of ether oxygens (including phenoxy) is 2. The second-order valence-corrected chi connectivity index (χ2v) is 4.58.